The Bertz CT molecular complexity index is 1230. The zero-order valence-electron chi connectivity index (χ0n) is 17.3. The summed E-state index contributed by atoms with van der Waals surface area (Å²) in [6.07, 6.45) is -0.573. The van der Waals surface area contributed by atoms with Crippen molar-refractivity contribution in [1.29, 1.82) is 0 Å². The maximum absolute atomic E-state index is 14.7. The molecule has 2 aromatic rings. The lowest BCUT2D eigenvalue weighted by Gasteiger charge is -2.25. The first-order chi connectivity index (χ1) is 15.4. The SMILES string of the molecule is COc1ccc(CN2C(=O)[C@@H](N)CS(=O)(=O)c3cc(F)c(C(=O)NC4CC4(F)F)cc32)cc1. The molecule has 2 aliphatic rings. The molecule has 1 heterocycles. The minimum atomic E-state index is -4.19. The average molecular weight is 483 g/mol. The quantitative estimate of drug-likeness (QED) is 0.667. The third kappa shape index (κ3) is 4.40. The van der Waals surface area contributed by atoms with Crippen LogP contribution in [0.3, 0.4) is 0 Å². The van der Waals surface area contributed by atoms with E-state index >= 15 is 0 Å². The Morgan fingerprint density at radius 2 is 1.91 bits per heavy atom. The predicted molar refractivity (Wildman–Crippen MR) is 111 cm³/mol. The number of benzene rings is 2. The lowest BCUT2D eigenvalue weighted by Crippen LogP contribution is -2.45. The Kier molecular flexibility index (Phi) is 5.61. The lowest BCUT2D eigenvalue weighted by molar-refractivity contribution is -0.119. The Balaban J connectivity index is 1.78. The minimum Gasteiger partial charge on any atom is -0.497 e. The molecule has 0 saturated heterocycles. The molecule has 0 radical (unpaired) electrons. The summed E-state index contributed by atoms with van der Waals surface area (Å²) in [5, 5.41) is 2.02. The van der Waals surface area contributed by atoms with Gasteiger partial charge >= 0.3 is 0 Å². The van der Waals surface area contributed by atoms with Crippen molar-refractivity contribution in [1.82, 2.24) is 5.32 Å². The Hall–Kier alpha value is -3.12. The summed E-state index contributed by atoms with van der Waals surface area (Å²) in [7, 11) is -2.71. The van der Waals surface area contributed by atoms with E-state index in [2.05, 4.69) is 0 Å². The minimum absolute atomic E-state index is 0.133. The zero-order valence-corrected chi connectivity index (χ0v) is 18.2. The number of carbonyl (C=O) groups is 2. The van der Waals surface area contributed by atoms with Crippen molar-refractivity contribution in [3.8, 4) is 5.75 Å². The largest absolute Gasteiger partial charge is 0.497 e. The zero-order chi connectivity index (χ0) is 24.1. The van der Waals surface area contributed by atoms with Gasteiger partial charge in [0.15, 0.2) is 9.84 Å². The van der Waals surface area contributed by atoms with Gasteiger partial charge in [-0.15, -0.1) is 0 Å². The number of nitrogens with zero attached hydrogens (tertiary/aromatic N) is 1. The van der Waals surface area contributed by atoms with E-state index in [4.69, 9.17) is 10.5 Å². The first-order valence-corrected chi connectivity index (χ1v) is 11.5. The molecule has 176 valence electrons. The van der Waals surface area contributed by atoms with E-state index in [0.29, 0.717) is 17.4 Å². The molecule has 2 atom stereocenters. The van der Waals surface area contributed by atoms with Gasteiger partial charge in [0.05, 0.1) is 47.6 Å². The molecule has 1 unspecified atom stereocenters. The second kappa shape index (κ2) is 8.03. The van der Waals surface area contributed by atoms with E-state index in [0.717, 1.165) is 11.0 Å². The molecule has 0 aromatic heterocycles. The van der Waals surface area contributed by atoms with Gasteiger partial charge in [-0.2, -0.15) is 0 Å². The highest BCUT2D eigenvalue weighted by atomic mass is 32.2. The van der Waals surface area contributed by atoms with Crippen LogP contribution in [0.15, 0.2) is 41.3 Å². The van der Waals surface area contributed by atoms with Crippen molar-refractivity contribution in [2.45, 2.75) is 35.9 Å². The van der Waals surface area contributed by atoms with Crippen LogP contribution in [-0.4, -0.2) is 51.1 Å². The standard InChI is InChI=1S/C21H20F3N3O5S/c1-32-12-4-2-11(3-5-12)9-27-16-6-13(19(28)26-18-8-21(18,23)24)14(22)7-17(16)33(30,31)10-15(25)20(27)29/h2-7,15,18H,8-10,25H2,1H3,(H,26,28)/t15-,18?/m0/s1. The number of ether oxygens (including phenoxy) is 1. The molecule has 12 heteroatoms. The molecule has 1 saturated carbocycles. The van der Waals surface area contributed by atoms with Crippen LogP contribution in [0, 0.1) is 5.82 Å². The van der Waals surface area contributed by atoms with Crippen molar-refractivity contribution in [3.05, 3.63) is 53.3 Å². The number of anilines is 1. The maximum Gasteiger partial charge on any atom is 0.270 e. The van der Waals surface area contributed by atoms with Gasteiger partial charge in [-0.25, -0.2) is 21.6 Å². The number of sulfone groups is 1. The van der Waals surface area contributed by atoms with Gasteiger partial charge in [-0.3, -0.25) is 9.59 Å². The third-order valence-corrected chi connectivity index (χ3v) is 7.33. The molecule has 33 heavy (non-hydrogen) atoms. The van der Waals surface area contributed by atoms with Crippen LogP contribution < -0.4 is 20.7 Å². The summed E-state index contributed by atoms with van der Waals surface area (Å²) in [4.78, 5) is 26.0. The van der Waals surface area contributed by atoms with Crippen LogP contribution in [0.4, 0.5) is 18.9 Å². The molecule has 1 aliphatic heterocycles. The molecule has 0 spiro atoms. The maximum atomic E-state index is 14.7. The van der Waals surface area contributed by atoms with Crippen molar-refractivity contribution in [2.24, 2.45) is 5.73 Å². The van der Waals surface area contributed by atoms with Crippen LogP contribution in [-0.2, 0) is 21.2 Å². The number of alkyl halides is 2. The number of amides is 2. The fourth-order valence-electron chi connectivity index (χ4n) is 3.58. The summed E-state index contributed by atoms with van der Waals surface area (Å²) < 4.78 is 71.8. The van der Waals surface area contributed by atoms with Crippen molar-refractivity contribution >= 4 is 27.3 Å². The molecule has 1 aliphatic carbocycles. The van der Waals surface area contributed by atoms with Gasteiger partial charge in [0.25, 0.3) is 11.8 Å². The summed E-state index contributed by atoms with van der Waals surface area (Å²) in [6.45, 7) is -0.133. The van der Waals surface area contributed by atoms with Crippen LogP contribution in [0.2, 0.25) is 0 Å². The fourth-order valence-corrected chi connectivity index (χ4v) is 5.14. The van der Waals surface area contributed by atoms with Crippen LogP contribution in [0.1, 0.15) is 22.3 Å². The van der Waals surface area contributed by atoms with Gasteiger partial charge in [0.1, 0.15) is 11.6 Å². The summed E-state index contributed by atoms with van der Waals surface area (Å²) in [6, 6.07) is 5.20. The predicted octanol–water partition coefficient (Wildman–Crippen LogP) is 1.62. The van der Waals surface area contributed by atoms with Gasteiger partial charge in [-0.1, -0.05) is 12.1 Å². The Labute approximate surface area is 187 Å². The van der Waals surface area contributed by atoms with Gasteiger partial charge in [0, 0.05) is 6.42 Å². The van der Waals surface area contributed by atoms with Crippen molar-refractivity contribution in [3.63, 3.8) is 0 Å². The fraction of sp³-hybridized carbons (Fsp3) is 0.333. The van der Waals surface area contributed by atoms with E-state index in [1.165, 1.54) is 7.11 Å². The average Bonchev–Trinajstić information content (AvgIpc) is 3.37. The number of methoxy groups -OCH3 is 1. The monoisotopic (exact) mass is 483 g/mol. The van der Waals surface area contributed by atoms with E-state index < -0.39 is 68.1 Å². The molecule has 2 amide bonds. The van der Waals surface area contributed by atoms with E-state index in [1.54, 1.807) is 24.3 Å². The first-order valence-electron chi connectivity index (χ1n) is 9.88. The van der Waals surface area contributed by atoms with E-state index in [9.17, 15) is 31.2 Å². The second-order valence-corrected chi connectivity index (χ2v) is 9.95. The number of hydrogen-bond acceptors (Lipinski definition) is 6. The number of fused-ring (bicyclic) bond motifs is 1. The number of nitrogens with two attached hydrogens (primary N) is 1. The highest BCUT2D eigenvalue weighted by Crippen LogP contribution is 2.42. The number of halogens is 3. The smallest absolute Gasteiger partial charge is 0.270 e. The second-order valence-electron chi connectivity index (χ2n) is 7.95. The van der Waals surface area contributed by atoms with Crippen LogP contribution in [0.25, 0.3) is 0 Å². The third-order valence-electron chi connectivity index (χ3n) is 5.53. The molecule has 2 aromatic carbocycles. The number of nitrogens with one attached hydrogen (secondary N) is 1. The van der Waals surface area contributed by atoms with Gasteiger partial charge in [0.2, 0.25) is 5.91 Å². The van der Waals surface area contributed by atoms with Crippen LogP contribution in [0.5, 0.6) is 5.75 Å². The normalized spacial score (nSPS) is 22.8. The Morgan fingerprint density at radius 1 is 1.27 bits per heavy atom. The molecule has 3 N–H and O–H groups in total. The van der Waals surface area contributed by atoms with Crippen molar-refractivity contribution < 1.29 is 35.9 Å². The Morgan fingerprint density at radius 3 is 2.48 bits per heavy atom. The highest BCUT2D eigenvalue weighted by Gasteiger charge is 2.58. The summed E-state index contributed by atoms with van der Waals surface area (Å²) in [5.74, 6) is -6.38. The topological polar surface area (TPSA) is 119 Å². The van der Waals surface area contributed by atoms with Gasteiger partial charge in [-0.05, 0) is 29.8 Å². The molecular weight excluding hydrogens is 463 g/mol. The lowest BCUT2D eigenvalue weighted by atomic mass is 10.1. The van der Waals surface area contributed by atoms with E-state index in [-0.39, 0.29) is 12.2 Å². The molecule has 8 nitrogen and oxygen atoms in total. The van der Waals surface area contributed by atoms with Gasteiger partial charge < -0.3 is 20.7 Å². The van der Waals surface area contributed by atoms with Crippen molar-refractivity contribution in [2.75, 3.05) is 17.8 Å². The molecule has 1 fully saturated rings. The highest BCUT2D eigenvalue weighted by molar-refractivity contribution is 7.91. The molecule has 0 bridgehead atoms. The summed E-state index contributed by atoms with van der Waals surface area (Å²) in [5.41, 5.74) is 5.48. The van der Waals surface area contributed by atoms with Crippen LogP contribution >= 0.6 is 0 Å². The first kappa shape index (κ1) is 23.1. The molecule has 4 rings (SSSR count). The number of hydrogen-bond donors (Lipinski definition) is 2. The van der Waals surface area contributed by atoms with E-state index in [1.807, 2.05) is 5.32 Å². The number of rotatable bonds is 5. The number of carbonyl (C=O) groups excluding carboxylic acids is 2. The summed E-state index contributed by atoms with van der Waals surface area (Å²) >= 11 is 0. The molecular formula is C21H20F3N3O5S.